The van der Waals surface area contributed by atoms with Crippen LogP contribution in [0.5, 0.6) is 11.5 Å². The number of hydrogen-bond acceptors (Lipinski definition) is 4. The van der Waals surface area contributed by atoms with Crippen molar-refractivity contribution in [3.05, 3.63) is 23.8 Å². The maximum atomic E-state index is 12.1. The third kappa shape index (κ3) is 3.63. The first-order chi connectivity index (χ1) is 9.42. The second-order valence-corrected chi connectivity index (χ2v) is 4.87. The van der Waals surface area contributed by atoms with Crippen molar-refractivity contribution in [1.82, 2.24) is 9.80 Å². The molecule has 1 amide bonds. The van der Waals surface area contributed by atoms with Crippen LogP contribution in [0.25, 0.3) is 0 Å². The molecule has 0 bridgehead atoms. The summed E-state index contributed by atoms with van der Waals surface area (Å²) in [4.78, 5) is 15.7. The van der Waals surface area contributed by atoms with Gasteiger partial charge in [0.1, 0.15) is 11.5 Å². The van der Waals surface area contributed by atoms with E-state index >= 15 is 0 Å². The van der Waals surface area contributed by atoms with E-state index in [1.54, 1.807) is 18.0 Å². The van der Waals surface area contributed by atoms with Crippen molar-refractivity contribution < 1.29 is 15.0 Å². The van der Waals surface area contributed by atoms with Gasteiger partial charge < -0.3 is 15.1 Å². The van der Waals surface area contributed by atoms with E-state index in [1.165, 1.54) is 12.1 Å². The molecular formula is C15H24N2O3. The Morgan fingerprint density at radius 1 is 1.20 bits per heavy atom. The Kier molecular flexibility index (Phi) is 5.82. The van der Waals surface area contributed by atoms with Gasteiger partial charge in [-0.05, 0) is 40.0 Å². The zero-order valence-corrected chi connectivity index (χ0v) is 12.6. The van der Waals surface area contributed by atoms with Crippen LogP contribution >= 0.6 is 0 Å². The lowest BCUT2D eigenvalue weighted by Crippen LogP contribution is -2.39. The van der Waals surface area contributed by atoms with Crippen LogP contribution in [0.3, 0.4) is 0 Å². The van der Waals surface area contributed by atoms with Crippen molar-refractivity contribution in [3.63, 3.8) is 0 Å². The van der Waals surface area contributed by atoms with Gasteiger partial charge in [0.2, 0.25) is 5.91 Å². The van der Waals surface area contributed by atoms with Crippen LogP contribution in [0.4, 0.5) is 0 Å². The van der Waals surface area contributed by atoms with Crippen molar-refractivity contribution in [3.8, 4) is 11.5 Å². The Labute approximate surface area is 120 Å². The number of carbonyl (C=O) groups excluding carboxylic acids is 1. The van der Waals surface area contributed by atoms with Crippen molar-refractivity contribution >= 4 is 5.91 Å². The SMILES string of the molecule is CCN(CC)C(=O)CN(C)C(C)c1c(O)cccc1O. The molecule has 2 N–H and O–H groups in total. The van der Waals surface area contributed by atoms with Crippen molar-refractivity contribution in [1.29, 1.82) is 0 Å². The van der Waals surface area contributed by atoms with Gasteiger partial charge in [0.25, 0.3) is 0 Å². The van der Waals surface area contributed by atoms with Gasteiger partial charge in [-0.25, -0.2) is 0 Å². The number of rotatable bonds is 6. The molecule has 112 valence electrons. The van der Waals surface area contributed by atoms with Gasteiger partial charge in [-0.1, -0.05) is 6.07 Å². The van der Waals surface area contributed by atoms with Crippen LogP contribution in [-0.4, -0.2) is 52.6 Å². The topological polar surface area (TPSA) is 64.0 Å². The van der Waals surface area contributed by atoms with Crippen LogP contribution in [-0.2, 0) is 4.79 Å². The highest BCUT2D eigenvalue weighted by molar-refractivity contribution is 5.78. The molecule has 1 aromatic rings. The summed E-state index contributed by atoms with van der Waals surface area (Å²) in [5, 5.41) is 19.7. The molecular weight excluding hydrogens is 256 g/mol. The molecule has 0 saturated heterocycles. The predicted octanol–water partition coefficient (Wildman–Crippen LogP) is 1.96. The second kappa shape index (κ2) is 7.14. The molecule has 0 aromatic heterocycles. The van der Waals surface area contributed by atoms with Crippen molar-refractivity contribution in [2.45, 2.75) is 26.8 Å². The van der Waals surface area contributed by atoms with E-state index in [2.05, 4.69) is 0 Å². The van der Waals surface area contributed by atoms with Gasteiger partial charge in [-0.2, -0.15) is 0 Å². The lowest BCUT2D eigenvalue weighted by molar-refractivity contribution is -0.132. The first-order valence-electron chi connectivity index (χ1n) is 6.91. The molecule has 0 fully saturated rings. The highest BCUT2D eigenvalue weighted by Gasteiger charge is 2.22. The molecule has 0 heterocycles. The van der Waals surface area contributed by atoms with Crippen LogP contribution in [0.15, 0.2) is 18.2 Å². The summed E-state index contributed by atoms with van der Waals surface area (Å²) >= 11 is 0. The van der Waals surface area contributed by atoms with Gasteiger partial charge >= 0.3 is 0 Å². The summed E-state index contributed by atoms with van der Waals surface area (Å²) in [6.45, 7) is 7.35. The minimum Gasteiger partial charge on any atom is -0.507 e. The Bertz CT molecular complexity index is 438. The maximum Gasteiger partial charge on any atom is 0.236 e. The summed E-state index contributed by atoms with van der Waals surface area (Å²) in [6.07, 6.45) is 0. The van der Waals surface area contributed by atoms with E-state index in [-0.39, 0.29) is 30.0 Å². The van der Waals surface area contributed by atoms with Gasteiger partial charge in [0, 0.05) is 19.1 Å². The Hall–Kier alpha value is -1.75. The van der Waals surface area contributed by atoms with Crippen molar-refractivity contribution in [2.75, 3.05) is 26.7 Å². The normalized spacial score (nSPS) is 12.4. The third-order valence-electron chi connectivity index (χ3n) is 3.64. The summed E-state index contributed by atoms with van der Waals surface area (Å²) in [5.74, 6) is 0.124. The molecule has 20 heavy (non-hydrogen) atoms. The molecule has 0 spiro atoms. The minimum absolute atomic E-state index is 0.0410. The largest absolute Gasteiger partial charge is 0.507 e. The molecule has 1 rings (SSSR count). The highest BCUT2D eigenvalue weighted by atomic mass is 16.3. The smallest absolute Gasteiger partial charge is 0.236 e. The van der Waals surface area contributed by atoms with Crippen LogP contribution < -0.4 is 0 Å². The number of aromatic hydroxyl groups is 2. The summed E-state index contributed by atoms with van der Waals surface area (Å²) in [5.41, 5.74) is 0.447. The Balaban J connectivity index is 2.82. The van der Waals surface area contributed by atoms with E-state index in [1.807, 2.05) is 25.7 Å². The molecule has 0 aliphatic heterocycles. The summed E-state index contributed by atoms with van der Waals surface area (Å²) in [6, 6.07) is 4.40. The molecule has 1 unspecified atom stereocenters. The number of amides is 1. The van der Waals surface area contributed by atoms with Crippen LogP contribution in [0, 0.1) is 0 Å². The fraction of sp³-hybridized carbons (Fsp3) is 0.533. The number of nitrogens with zero attached hydrogens (tertiary/aromatic N) is 2. The predicted molar refractivity (Wildman–Crippen MR) is 78.7 cm³/mol. The average molecular weight is 280 g/mol. The number of benzene rings is 1. The van der Waals surface area contributed by atoms with Gasteiger partial charge in [0.05, 0.1) is 12.1 Å². The first kappa shape index (κ1) is 16.3. The highest BCUT2D eigenvalue weighted by Crippen LogP contribution is 2.34. The number of carbonyl (C=O) groups is 1. The molecule has 1 aromatic carbocycles. The van der Waals surface area contributed by atoms with E-state index < -0.39 is 0 Å². The standard InChI is InChI=1S/C15H24N2O3/c1-5-17(6-2)14(20)10-16(4)11(3)15-12(18)8-7-9-13(15)19/h7-9,11,18-19H,5-6,10H2,1-4H3. The minimum atomic E-state index is -0.254. The fourth-order valence-corrected chi connectivity index (χ4v) is 2.22. The fourth-order valence-electron chi connectivity index (χ4n) is 2.22. The maximum absolute atomic E-state index is 12.1. The molecule has 0 radical (unpaired) electrons. The van der Waals surface area contributed by atoms with Gasteiger partial charge in [0.15, 0.2) is 0 Å². The number of likely N-dealkylation sites (N-methyl/N-ethyl adjacent to an activating group) is 2. The van der Waals surface area contributed by atoms with E-state index in [4.69, 9.17) is 0 Å². The quantitative estimate of drug-likeness (QED) is 0.836. The lowest BCUT2D eigenvalue weighted by atomic mass is 10.0. The molecule has 1 atom stereocenters. The molecule has 0 aliphatic rings. The zero-order valence-electron chi connectivity index (χ0n) is 12.6. The monoisotopic (exact) mass is 280 g/mol. The van der Waals surface area contributed by atoms with E-state index in [9.17, 15) is 15.0 Å². The van der Waals surface area contributed by atoms with Crippen LogP contribution in [0.2, 0.25) is 0 Å². The summed E-state index contributed by atoms with van der Waals surface area (Å²) < 4.78 is 0. The Morgan fingerprint density at radius 2 is 1.70 bits per heavy atom. The van der Waals surface area contributed by atoms with Gasteiger partial charge in [-0.3, -0.25) is 9.69 Å². The molecule has 5 heteroatoms. The second-order valence-electron chi connectivity index (χ2n) is 4.87. The molecule has 0 saturated carbocycles. The van der Waals surface area contributed by atoms with E-state index in [0.717, 1.165) is 0 Å². The van der Waals surface area contributed by atoms with Crippen molar-refractivity contribution in [2.24, 2.45) is 0 Å². The lowest BCUT2D eigenvalue weighted by Gasteiger charge is -2.28. The molecule has 5 nitrogen and oxygen atoms in total. The van der Waals surface area contributed by atoms with Gasteiger partial charge in [-0.15, -0.1) is 0 Å². The zero-order chi connectivity index (χ0) is 15.3. The van der Waals surface area contributed by atoms with Crippen LogP contribution in [0.1, 0.15) is 32.4 Å². The number of phenols is 2. The Morgan fingerprint density at radius 3 is 2.15 bits per heavy atom. The van der Waals surface area contributed by atoms with E-state index in [0.29, 0.717) is 18.7 Å². The summed E-state index contributed by atoms with van der Waals surface area (Å²) in [7, 11) is 1.80. The third-order valence-corrected chi connectivity index (χ3v) is 3.64. The average Bonchev–Trinajstić information content (AvgIpc) is 2.39. The number of hydrogen-bond donors (Lipinski definition) is 2. The number of phenolic OH excluding ortho intramolecular Hbond substituents is 2. The first-order valence-corrected chi connectivity index (χ1v) is 6.91. The molecule has 0 aliphatic carbocycles.